The third-order valence-corrected chi connectivity index (χ3v) is 12.2. The molecule has 0 radical (unpaired) electrons. The van der Waals surface area contributed by atoms with E-state index in [9.17, 15) is 19.2 Å². The van der Waals surface area contributed by atoms with Crippen molar-refractivity contribution >= 4 is 57.3 Å². The average molecular weight is 598 g/mol. The molecular weight excluding hydrogens is 571 g/mol. The molecule has 2 aliphatic heterocycles. The van der Waals surface area contributed by atoms with Gasteiger partial charge in [0.1, 0.15) is 12.3 Å². The Morgan fingerprint density at radius 2 is 1.71 bits per heavy atom. The first-order valence-corrected chi connectivity index (χ1v) is 15.8. The first-order valence-electron chi connectivity index (χ1n) is 14.1. The van der Waals surface area contributed by atoms with Crippen LogP contribution in [0.15, 0.2) is 76.6 Å². The van der Waals surface area contributed by atoms with Crippen molar-refractivity contribution in [3.8, 4) is 5.75 Å². The second-order valence-electron chi connectivity index (χ2n) is 11.6. The molecule has 2 saturated carbocycles. The normalized spacial score (nSPS) is 29.0. The molecule has 3 aromatic carbocycles. The van der Waals surface area contributed by atoms with Crippen molar-refractivity contribution in [2.45, 2.75) is 22.6 Å². The van der Waals surface area contributed by atoms with Crippen LogP contribution in [-0.2, 0) is 14.4 Å². The van der Waals surface area contributed by atoms with Gasteiger partial charge in [0.05, 0.1) is 24.0 Å². The number of hydrogen-bond donors (Lipinski definition) is 2. The van der Waals surface area contributed by atoms with Gasteiger partial charge in [-0.3, -0.25) is 24.1 Å². The molecule has 2 N–H and O–H groups in total. The molecule has 8 nitrogen and oxygen atoms in total. The van der Waals surface area contributed by atoms with E-state index in [1.807, 2.05) is 66.7 Å². The average Bonchev–Trinajstić information content (AvgIpc) is 3.73. The van der Waals surface area contributed by atoms with Crippen molar-refractivity contribution in [1.82, 2.24) is 9.88 Å². The summed E-state index contributed by atoms with van der Waals surface area (Å²) in [6.45, 7) is -0.290. The standard InChI is InChI=1S/C32H27N3O5S2/c1-40-19-10-7-16(8-11-19)23-24-20-13-21(27(24)41-29-28(23)42-32(39)34-29)26-25(20)30(37)35(31(26)38)14-22(36)33-18-9-6-15-4-2-3-5-17(15)12-18/h2-12,20-21,23-27H,13-14H2,1H3,(H,33,36)(H,34,39)/t20?,21?,23-,24?,25?,26?,27?/m1/s1. The second-order valence-corrected chi connectivity index (χ2v) is 13.8. The molecule has 212 valence electrons. The Hall–Kier alpha value is -3.89. The molecule has 6 unspecified atom stereocenters. The van der Waals surface area contributed by atoms with Crippen LogP contribution < -0.4 is 14.9 Å². The highest BCUT2D eigenvalue weighted by molar-refractivity contribution is 8.00. The Morgan fingerprint density at radius 1 is 0.976 bits per heavy atom. The van der Waals surface area contributed by atoms with E-state index in [4.69, 9.17) is 4.74 Å². The van der Waals surface area contributed by atoms with Gasteiger partial charge in [-0.2, -0.15) is 0 Å². The van der Waals surface area contributed by atoms with E-state index < -0.39 is 11.8 Å². The number of imide groups is 1. The summed E-state index contributed by atoms with van der Waals surface area (Å²) in [5, 5.41) is 5.91. The number of benzene rings is 3. The fourth-order valence-corrected chi connectivity index (χ4v) is 10.9. The smallest absolute Gasteiger partial charge is 0.305 e. The van der Waals surface area contributed by atoms with Crippen molar-refractivity contribution in [3.05, 3.63) is 86.8 Å². The number of amides is 3. The summed E-state index contributed by atoms with van der Waals surface area (Å²) in [6, 6.07) is 21.5. The number of anilines is 1. The fraction of sp³-hybridized carbons (Fsp3) is 0.312. The first kappa shape index (κ1) is 25.8. The van der Waals surface area contributed by atoms with E-state index in [0.29, 0.717) is 5.69 Å². The molecular formula is C32H27N3O5S2. The van der Waals surface area contributed by atoms with Crippen molar-refractivity contribution < 1.29 is 19.1 Å². The number of nitrogens with zero attached hydrogens (tertiary/aromatic N) is 1. The van der Waals surface area contributed by atoms with Crippen LogP contribution in [0.25, 0.3) is 10.8 Å². The van der Waals surface area contributed by atoms with Gasteiger partial charge in [0.25, 0.3) is 0 Å². The predicted octanol–water partition coefficient (Wildman–Crippen LogP) is 4.71. The molecule has 3 fully saturated rings. The van der Waals surface area contributed by atoms with Gasteiger partial charge < -0.3 is 15.0 Å². The van der Waals surface area contributed by atoms with E-state index in [0.717, 1.165) is 38.4 Å². The summed E-state index contributed by atoms with van der Waals surface area (Å²) < 4.78 is 5.37. The molecule has 42 heavy (non-hydrogen) atoms. The number of H-pyrrole nitrogens is 1. The van der Waals surface area contributed by atoms with Gasteiger partial charge in [-0.15, -0.1) is 11.8 Å². The number of methoxy groups -OCH3 is 1. The Labute approximate surface area is 249 Å². The van der Waals surface area contributed by atoms with Crippen LogP contribution in [0.5, 0.6) is 5.75 Å². The Bertz CT molecular complexity index is 1830. The van der Waals surface area contributed by atoms with Gasteiger partial charge in [0, 0.05) is 21.7 Å². The highest BCUT2D eigenvalue weighted by Crippen LogP contribution is 2.68. The fourth-order valence-electron chi connectivity index (χ4n) is 8.03. The SMILES string of the molecule is COc1ccc([C@H]2c3sc(=O)[nH]c3SC3C4CC(C5C(=O)N(CC(=O)Nc6ccc7ccccc7c6)C(=O)C45)C32)cc1. The zero-order valence-electron chi connectivity index (χ0n) is 22.6. The van der Waals surface area contributed by atoms with Crippen molar-refractivity contribution in [2.24, 2.45) is 29.6 Å². The van der Waals surface area contributed by atoms with Crippen LogP contribution in [0.4, 0.5) is 5.69 Å². The summed E-state index contributed by atoms with van der Waals surface area (Å²) in [6.07, 6.45) is 0.804. The number of carbonyl (C=O) groups excluding carboxylic acids is 3. The van der Waals surface area contributed by atoms with Gasteiger partial charge in [0.2, 0.25) is 17.7 Å². The molecule has 4 aliphatic rings. The minimum absolute atomic E-state index is 0.0000438. The van der Waals surface area contributed by atoms with E-state index in [-0.39, 0.29) is 58.1 Å². The van der Waals surface area contributed by atoms with Gasteiger partial charge in [0.15, 0.2) is 0 Å². The van der Waals surface area contributed by atoms with Gasteiger partial charge >= 0.3 is 4.87 Å². The maximum atomic E-state index is 13.8. The molecule has 4 aromatic rings. The number of hydrogen-bond acceptors (Lipinski definition) is 7. The van der Waals surface area contributed by atoms with Crippen molar-refractivity contribution in [2.75, 3.05) is 19.0 Å². The van der Waals surface area contributed by atoms with Crippen LogP contribution in [0.2, 0.25) is 0 Å². The summed E-state index contributed by atoms with van der Waals surface area (Å²) in [4.78, 5) is 58.2. The highest BCUT2D eigenvalue weighted by atomic mass is 32.2. The lowest BCUT2D eigenvalue weighted by atomic mass is 9.68. The number of rotatable bonds is 5. The van der Waals surface area contributed by atoms with Crippen LogP contribution in [0, 0.1) is 29.6 Å². The minimum Gasteiger partial charge on any atom is -0.497 e. The summed E-state index contributed by atoms with van der Waals surface area (Å²) in [5.74, 6) is -0.901. The topological polar surface area (TPSA) is 109 Å². The monoisotopic (exact) mass is 597 g/mol. The Kier molecular flexibility index (Phi) is 5.88. The number of thioether (sulfide) groups is 1. The van der Waals surface area contributed by atoms with E-state index in [1.54, 1.807) is 18.9 Å². The molecule has 2 aliphatic carbocycles. The molecule has 3 heterocycles. The number of ether oxygens (including phenoxy) is 1. The Balaban J connectivity index is 1.07. The lowest BCUT2D eigenvalue weighted by molar-refractivity contribution is -0.143. The Morgan fingerprint density at radius 3 is 2.48 bits per heavy atom. The van der Waals surface area contributed by atoms with E-state index in [1.165, 1.54) is 16.2 Å². The lowest BCUT2D eigenvalue weighted by Gasteiger charge is -2.43. The number of fused-ring (bicyclic) bond motifs is 10. The summed E-state index contributed by atoms with van der Waals surface area (Å²) in [5.41, 5.74) is 1.71. The first-order chi connectivity index (χ1) is 20.4. The summed E-state index contributed by atoms with van der Waals surface area (Å²) in [7, 11) is 1.63. The van der Waals surface area contributed by atoms with Crippen molar-refractivity contribution in [3.63, 3.8) is 0 Å². The molecule has 2 bridgehead atoms. The van der Waals surface area contributed by atoms with Crippen LogP contribution in [0.3, 0.4) is 0 Å². The number of likely N-dealkylation sites (tertiary alicyclic amines) is 1. The molecule has 0 spiro atoms. The molecule has 8 rings (SSSR count). The maximum Gasteiger partial charge on any atom is 0.305 e. The largest absolute Gasteiger partial charge is 0.497 e. The quantitative estimate of drug-likeness (QED) is 0.323. The van der Waals surface area contributed by atoms with Crippen LogP contribution in [-0.4, -0.2) is 46.5 Å². The van der Waals surface area contributed by atoms with Crippen LogP contribution in [0.1, 0.15) is 22.8 Å². The number of thiazole rings is 1. The number of aromatic nitrogens is 1. The van der Waals surface area contributed by atoms with E-state index in [2.05, 4.69) is 10.3 Å². The third-order valence-electron chi connectivity index (χ3n) is 9.63. The molecule has 10 heteroatoms. The summed E-state index contributed by atoms with van der Waals surface area (Å²) >= 11 is 2.89. The maximum absolute atomic E-state index is 13.8. The number of nitrogens with one attached hydrogen (secondary N) is 2. The minimum atomic E-state index is -0.434. The molecule has 1 saturated heterocycles. The molecule has 3 amide bonds. The van der Waals surface area contributed by atoms with E-state index >= 15 is 0 Å². The van der Waals surface area contributed by atoms with Crippen molar-refractivity contribution in [1.29, 1.82) is 0 Å². The highest BCUT2D eigenvalue weighted by Gasteiger charge is 2.69. The molecule has 1 aromatic heterocycles. The zero-order valence-corrected chi connectivity index (χ0v) is 24.2. The van der Waals surface area contributed by atoms with Gasteiger partial charge in [-0.05, 0) is 64.8 Å². The number of aromatic amines is 1. The zero-order chi connectivity index (χ0) is 28.7. The van der Waals surface area contributed by atoms with Crippen LogP contribution >= 0.6 is 23.1 Å². The second kappa shape index (κ2) is 9.57. The van der Waals surface area contributed by atoms with Gasteiger partial charge in [-0.25, -0.2) is 0 Å². The van der Waals surface area contributed by atoms with Gasteiger partial charge in [-0.1, -0.05) is 53.8 Å². The predicted molar refractivity (Wildman–Crippen MR) is 161 cm³/mol. The molecule has 7 atom stereocenters. The third kappa shape index (κ3) is 3.81. The number of carbonyl (C=O) groups is 3. The lowest BCUT2D eigenvalue weighted by Crippen LogP contribution is -2.42.